The molecule has 0 bridgehead atoms. The smallest absolute Gasteiger partial charge is 0.256 e. The summed E-state index contributed by atoms with van der Waals surface area (Å²) in [4.78, 5) is 10.3. The van der Waals surface area contributed by atoms with Gasteiger partial charge in [0.15, 0.2) is 0 Å². The SMILES string of the molecule is CC(C)N(C(C)C)P(O)OC(CC#N)CCCCCCN. The Hall–Kier alpha value is -0.240. The van der Waals surface area contributed by atoms with Crippen LogP contribution in [0.5, 0.6) is 0 Å². The van der Waals surface area contributed by atoms with Gasteiger partial charge in [-0.05, 0) is 47.1 Å². The summed E-state index contributed by atoms with van der Waals surface area (Å²) in [6.45, 7) is 8.90. The Kier molecular flexibility index (Phi) is 12.2. The van der Waals surface area contributed by atoms with Gasteiger partial charge >= 0.3 is 0 Å². The van der Waals surface area contributed by atoms with Crippen molar-refractivity contribution in [3.63, 3.8) is 0 Å². The van der Waals surface area contributed by atoms with Crippen LogP contribution in [0.25, 0.3) is 0 Å². The molecule has 3 N–H and O–H groups in total. The van der Waals surface area contributed by atoms with Gasteiger partial charge in [-0.3, -0.25) is 0 Å². The molecule has 0 aromatic carbocycles. The van der Waals surface area contributed by atoms with Crippen molar-refractivity contribution in [2.45, 2.75) is 84.4 Å². The van der Waals surface area contributed by atoms with Crippen molar-refractivity contribution >= 4 is 8.53 Å². The summed E-state index contributed by atoms with van der Waals surface area (Å²) in [7, 11) is -1.64. The molecule has 0 saturated carbocycles. The minimum absolute atomic E-state index is 0.177. The summed E-state index contributed by atoms with van der Waals surface area (Å²) in [6, 6.07) is 2.59. The fraction of sp³-hybridized carbons (Fsp3) is 0.933. The van der Waals surface area contributed by atoms with Crippen molar-refractivity contribution in [2.24, 2.45) is 5.73 Å². The van der Waals surface area contributed by atoms with E-state index in [0.29, 0.717) is 6.42 Å². The fourth-order valence-corrected chi connectivity index (χ4v) is 3.69. The number of nitrogens with two attached hydrogens (primary N) is 1. The van der Waals surface area contributed by atoms with Gasteiger partial charge in [-0.15, -0.1) is 0 Å². The van der Waals surface area contributed by atoms with E-state index in [1.54, 1.807) is 0 Å². The number of hydrogen-bond donors (Lipinski definition) is 2. The predicted molar refractivity (Wildman–Crippen MR) is 88.5 cm³/mol. The van der Waals surface area contributed by atoms with Gasteiger partial charge < -0.3 is 15.2 Å². The quantitative estimate of drug-likeness (QED) is 0.425. The van der Waals surface area contributed by atoms with Crippen LogP contribution in [0.15, 0.2) is 0 Å². The molecule has 0 aliphatic carbocycles. The van der Waals surface area contributed by atoms with Crippen molar-refractivity contribution < 1.29 is 9.42 Å². The average Bonchev–Trinajstić information content (AvgIpc) is 2.37. The number of rotatable bonds is 12. The second-order valence-corrected chi connectivity index (χ2v) is 7.08. The van der Waals surface area contributed by atoms with E-state index in [1.807, 2.05) is 32.4 Å². The number of hydrogen-bond acceptors (Lipinski definition) is 5. The molecule has 0 spiro atoms. The first-order valence-electron chi connectivity index (χ1n) is 7.95. The first-order chi connectivity index (χ1) is 9.93. The maximum absolute atomic E-state index is 10.3. The largest absolute Gasteiger partial charge is 0.338 e. The first-order valence-corrected chi connectivity index (χ1v) is 9.11. The maximum atomic E-state index is 10.3. The first kappa shape index (κ1) is 20.8. The van der Waals surface area contributed by atoms with Crippen molar-refractivity contribution in [1.82, 2.24) is 4.67 Å². The zero-order chi connectivity index (χ0) is 16.3. The topological polar surface area (TPSA) is 82.5 Å². The van der Waals surface area contributed by atoms with Gasteiger partial charge in [-0.2, -0.15) is 5.26 Å². The maximum Gasteiger partial charge on any atom is 0.256 e. The van der Waals surface area contributed by atoms with Gasteiger partial charge in [0.1, 0.15) is 0 Å². The summed E-state index contributed by atoms with van der Waals surface area (Å²) < 4.78 is 7.75. The molecule has 0 fully saturated rings. The van der Waals surface area contributed by atoms with Crippen molar-refractivity contribution in [2.75, 3.05) is 6.54 Å². The molecule has 21 heavy (non-hydrogen) atoms. The molecule has 6 heteroatoms. The zero-order valence-electron chi connectivity index (χ0n) is 14.0. The molecule has 0 rings (SSSR count). The molecule has 2 unspecified atom stereocenters. The second kappa shape index (κ2) is 12.3. The summed E-state index contributed by atoms with van der Waals surface area (Å²) in [5.74, 6) is 0. The molecule has 0 radical (unpaired) electrons. The van der Waals surface area contributed by atoms with Gasteiger partial charge in [0, 0.05) is 12.1 Å². The molecule has 0 aromatic rings. The number of nitriles is 1. The van der Waals surface area contributed by atoms with Crippen LogP contribution in [0, 0.1) is 11.3 Å². The molecule has 0 aliphatic heterocycles. The second-order valence-electron chi connectivity index (χ2n) is 5.90. The Bertz CT molecular complexity index is 287. The van der Waals surface area contributed by atoms with Crippen LogP contribution in [0.3, 0.4) is 0 Å². The lowest BCUT2D eigenvalue weighted by Gasteiger charge is -2.34. The third-order valence-corrected chi connectivity index (χ3v) is 5.10. The van der Waals surface area contributed by atoms with E-state index < -0.39 is 8.53 Å². The molecule has 0 aliphatic rings. The summed E-state index contributed by atoms with van der Waals surface area (Å²) in [5, 5.41) is 8.91. The van der Waals surface area contributed by atoms with E-state index in [4.69, 9.17) is 15.5 Å². The Morgan fingerprint density at radius 2 is 1.71 bits per heavy atom. The number of nitrogens with zero attached hydrogens (tertiary/aromatic N) is 2. The van der Waals surface area contributed by atoms with Gasteiger partial charge in [-0.1, -0.05) is 19.3 Å². The van der Waals surface area contributed by atoms with Crippen LogP contribution in [-0.2, 0) is 4.52 Å². The normalized spacial score (nSPS) is 14.7. The minimum Gasteiger partial charge on any atom is -0.338 e. The van der Waals surface area contributed by atoms with Gasteiger partial charge in [0.05, 0.1) is 18.6 Å². The minimum atomic E-state index is -1.64. The highest BCUT2D eigenvalue weighted by atomic mass is 31.2. The predicted octanol–water partition coefficient (Wildman–Crippen LogP) is 3.53. The summed E-state index contributed by atoms with van der Waals surface area (Å²) >= 11 is 0. The van der Waals surface area contributed by atoms with Crippen molar-refractivity contribution in [3.8, 4) is 6.07 Å². The van der Waals surface area contributed by atoms with Crippen molar-refractivity contribution in [3.05, 3.63) is 0 Å². The van der Waals surface area contributed by atoms with Crippen LogP contribution in [-0.4, -0.2) is 34.3 Å². The van der Waals surface area contributed by atoms with Crippen LogP contribution >= 0.6 is 8.53 Å². The Morgan fingerprint density at radius 1 is 1.14 bits per heavy atom. The van der Waals surface area contributed by atoms with Crippen molar-refractivity contribution in [1.29, 1.82) is 5.26 Å². The molecular weight excluding hydrogens is 285 g/mol. The third-order valence-electron chi connectivity index (χ3n) is 3.30. The van der Waals surface area contributed by atoms with Crippen LogP contribution in [0.2, 0.25) is 0 Å². The van der Waals surface area contributed by atoms with E-state index in [9.17, 15) is 4.89 Å². The van der Waals surface area contributed by atoms with Gasteiger partial charge in [-0.25, -0.2) is 4.67 Å². The molecule has 0 amide bonds. The molecule has 124 valence electrons. The van der Waals surface area contributed by atoms with E-state index in [0.717, 1.165) is 38.6 Å². The van der Waals surface area contributed by atoms with E-state index in [1.165, 1.54) is 0 Å². The van der Waals surface area contributed by atoms with Gasteiger partial charge in [0.25, 0.3) is 8.53 Å². The molecule has 2 atom stereocenters. The standard InChI is InChI=1S/C15H32N3O2P/c1-13(2)18(14(3)4)21(19)20-15(10-12-17)9-7-5-6-8-11-16/h13-15,19H,5-11,16H2,1-4H3. The van der Waals surface area contributed by atoms with Crippen LogP contribution in [0.4, 0.5) is 0 Å². The molecule has 5 nitrogen and oxygen atoms in total. The third kappa shape index (κ3) is 9.39. The van der Waals surface area contributed by atoms with E-state index in [-0.39, 0.29) is 18.2 Å². The lowest BCUT2D eigenvalue weighted by Crippen LogP contribution is -2.33. The fourth-order valence-electron chi connectivity index (χ4n) is 2.34. The Labute approximate surface area is 131 Å². The molecular formula is C15H32N3O2P. The van der Waals surface area contributed by atoms with E-state index in [2.05, 4.69) is 6.07 Å². The summed E-state index contributed by atoms with van der Waals surface area (Å²) in [5.41, 5.74) is 5.47. The van der Waals surface area contributed by atoms with Gasteiger partial charge in [0.2, 0.25) is 0 Å². The highest BCUT2D eigenvalue weighted by Gasteiger charge is 2.26. The molecule has 0 heterocycles. The highest BCUT2D eigenvalue weighted by Crippen LogP contribution is 2.42. The van der Waals surface area contributed by atoms with E-state index >= 15 is 0 Å². The van der Waals surface area contributed by atoms with Crippen LogP contribution in [0.1, 0.15) is 66.2 Å². The molecule has 0 aromatic heterocycles. The molecule has 0 saturated heterocycles. The lowest BCUT2D eigenvalue weighted by molar-refractivity contribution is 0.149. The van der Waals surface area contributed by atoms with Crippen LogP contribution < -0.4 is 5.73 Å². The lowest BCUT2D eigenvalue weighted by atomic mass is 10.1. The Balaban J connectivity index is 4.31. The number of unbranched alkanes of at least 4 members (excludes halogenated alkanes) is 3. The summed E-state index contributed by atoms with van der Waals surface area (Å²) in [6.07, 6.45) is 5.26. The average molecular weight is 317 g/mol. The highest BCUT2D eigenvalue weighted by molar-refractivity contribution is 7.43. The Morgan fingerprint density at radius 3 is 2.19 bits per heavy atom. The zero-order valence-corrected chi connectivity index (χ0v) is 14.9. The monoisotopic (exact) mass is 317 g/mol.